The Bertz CT molecular complexity index is 723. The first-order chi connectivity index (χ1) is 9.33. The van der Waals surface area contributed by atoms with Gasteiger partial charge in [-0.15, -0.1) is 0 Å². The summed E-state index contributed by atoms with van der Waals surface area (Å²) in [6.07, 6.45) is 3.74. The van der Waals surface area contributed by atoms with Crippen LogP contribution in [0.4, 0.5) is 0 Å². The summed E-state index contributed by atoms with van der Waals surface area (Å²) in [6, 6.07) is 15.2. The second-order valence-electron chi connectivity index (χ2n) is 4.35. The van der Waals surface area contributed by atoms with Crippen molar-refractivity contribution in [2.24, 2.45) is 0 Å². The van der Waals surface area contributed by atoms with Gasteiger partial charge in [0.25, 0.3) is 0 Å². The van der Waals surface area contributed by atoms with E-state index in [4.69, 9.17) is 0 Å². The Morgan fingerprint density at radius 3 is 2.74 bits per heavy atom. The SMILES string of the molecule is O=C(Cc1cccnc1)c1ccc2ccccc2n1. The van der Waals surface area contributed by atoms with Crippen molar-refractivity contribution in [2.45, 2.75) is 6.42 Å². The van der Waals surface area contributed by atoms with E-state index in [0.29, 0.717) is 12.1 Å². The number of fused-ring (bicyclic) bond motifs is 1. The molecule has 3 rings (SSSR count). The molecule has 0 aliphatic rings. The minimum absolute atomic E-state index is 0.0127. The third-order valence-electron chi connectivity index (χ3n) is 2.97. The fourth-order valence-corrected chi connectivity index (χ4v) is 2.00. The molecule has 0 amide bonds. The number of ketones is 1. The van der Waals surface area contributed by atoms with Gasteiger partial charge < -0.3 is 0 Å². The van der Waals surface area contributed by atoms with Gasteiger partial charge in [-0.3, -0.25) is 9.78 Å². The Balaban J connectivity index is 1.89. The number of hydrogen-bond acceptors (Lipinski definition) is 3. The highest BCUT2D eigenvalue weighted by atomic mass is 16.1. The van der Waals surface area contributed by atoms with Crippen LogP contribution >= 0.6 is 0 Å². The third kappa shape index (κ3) is 2.50. The van der Waals surface area contributed by atoms with Crippen molar-refractivity contribution in [3.8, 4) is 0 Å². The van der Waals surface area contributed by atoms with E-state index < -0.39 is 0 Å². The van der Waals surface area contributed by atoms with Crippen LogP contribution in [-0.4, -0.2) is 15.8 Å². The zero-order valence-corrected chi connectivity index (χ0v) is 10.3. The van der Waals surface area contributed by atoms with E-state index in [2.05, 4.69) is 9.97 Å². The Kier molecular flexibility index (Phi) is 3.02. The number of Topliss-reactive ketones (excluding diaryl/α,β-unsaturated/α-hetero) is 1. The first kappa shape index (κ1) is 11.5. The molecule has 0 unspecified atom stereocenters. The zero-order chi connectivity index (χ0) is 13.1. The number of benzene rings is 1. The Morgan fingerprint density at radius 2 is 1.89 bits per heavy atom. The standard InChI is InChI=1S/C16H12N2O/c19-16(10-12-4-3-9-17-11-12)15-8-7-13-5-1-2-6-14(13)18-15/h1-9,11H,10H2. The minimum atomic E-state index is 0.0127. The van der Waals surface area contributed by atoms with Crippen LogP contribution in [0.3, 0.4) is 0 Å². The molecule has 0 radical (unpaired) electrons. The molecule has 92 valence electrons. The van der Waals surface area contributed by atoms with Crippen molar-refractivity contribution in [1.82, 2.24) is 9.97 Å². The molecular weight excluding hydrogens is 236 g/mol. The second-order valence-corrected chi connectivity index (χ2v) is 4.35. The van der Waals surface area contributed by atoms with Crippen molar-refractivity contribution in [3.63, 3.8) is 0 Å². The summed E-state index contributed by atoms with van der Waals surface area (Å²) >= 11 is 0. The molecular formula is C16H12N2O. The zero-order valence-electron chi connectivity index (χ0n) is 10.3. The maximum Gasteiger partial charge on any atom is 0.185 e. The van der Waals surface area contributed by atoms with Gasteiger partial charge in [0, 0.05) is 24.2 Å². The highest BCUT2D eigenvalue weighted by Gasteiger charge is 2.09. The van der Waals surface area contributed by atoms with Gasteiger partial charge >= 0.3 is 0 Å². The van der Waals surface area contributed by atoms with Gasteiger partial charge in [-0.25, -0.2) is 4.98 Å². The molecule has 3 aromatic rings. The van der Waals surface area contributed by atoms with Gasteiger partial charge in [-0.2, -0.15) is 0 Å². The number of carbonyl (C=O) groups is 1. The Labute approximate surface area is 111 Å². The van der Waals surface area contributed by atoms with Crippen LogP contribution in [0.5, 0.6) is 0 Å². The van der Waals surface area contributed by atoms with Crippen LogP contribution in [0.2, 0.25) is 0 Å². The molecule has 0 saturated heterocycles. The average Bonchev–Trinajstić information content (AvgIpc) is 2.48. The minimum Gasteiger partial charge on any atom is -0.292 e. The summed E-state index contributed by atoms with van der Waals surface area (Å²) in [6.45, 7) is 0. The molecule has 3 heteroatoms. The summed E-state index contributed by atoms with van der Waals surface area (Å²) in [7, 11) is 0. The lowest BCUT2D eigenvalue weighted by Gasteiger charge is -2.02. The Morgan fingerprint density at radius 1 is 1.00 bits per heavy atom. The fourth-order valence-electron chi connectivity index (χ4n) is 2.00. The summed E-state index contributed by atoms with van der Waals surface area (Å²) < 4.78 is 0. The van der Waals surface area contributed by atoms with Gasteiger partial charge in [-0.1, -0.05) is 30.3 Å². The van der Waals surface area contributed by atoms with Crippen LogP contribution in [0.15, 0.2) is 60.9 Å². The van der Waals surface area contributed by atoms with Crippen molar-refractivity contribution in [3.05, 3.63) is 72.2 Å². The summed E-state index contributed by atoms with van der Waals surface area (Å²) in [4.78, 5) is 20.6. The number of rotatable bonds is 3. The molecule has 0 spiro atoms. The van der Waals surface area contributed by atoms with Gasteiger partial charge in [-0.05, 0) is 23.8 Å². The molecule has 0 saturated carbocycles. The smallest absolute Gasteiger partial charge is 0.185 e. The summed E-state index contributed by atoms with van der Waals surface area (Å²) in [5.74, 6) is 0.0127. The Hall–Kier alpha value is -2.55. The predicted molar refractivity (Wildman–Crippen MR) is 74.0 cm³/mol. The van der Waals surface area contributed by atoms with Gasteiger partial charge in [0.2, 0.25) is 0 Å². The second kappa shape index (κ2) is 4.98. The van der Waals surface area contributed by atoms with Crippen LogP contribution in [-0.2, 0) is 6.42 Å². The summed E-state index contributed by atoms with van der Waals surface area (Å²) in [5.41, 5.74) is 2.25. The van der Waals surface area contributed by atoms with Crippen molar-refractivity contribution in [2.75, 3.05) is 0 Å². The molecule has 0 atom stereocenters. The average molecular weight is 248 g/mol. The molecule has 0 bridgehead atoms. The molecule has 0 aliphatic carbocycles. The number of para-hydroxylation sites is 1. The fraction of sp³-hybridized carbons (Fsp3) is 0.0625. The van der Waals surface area contributed by atoms with E-state index in [1.165, 1.54) is 0 Å². The predicted octanol–water partition coefficient (Wildman–Crippen LogP) is 3.06. The molecule has 3 nitrogen and oxygen atoms in total. The van der Waals surface area contributed by atoms with Crippen LogP contribution in [0.1, 0.15) is 16.1 Å². The first-order valence-corrected chi connectivity index (χ1v) is 6.11. The maximum absolute atomic E-state index is 12.2. The number of pyridine rings is 2. The van der Waals surface area contributed by atoms with Gasteiger partial charge in [0.15, 0.2) is 5.78 Å². The maximum atomic E-state index is 12.2. The lowest BCUT2D eigenvalue weighted by atomic mass is 10.1. The van der Waals surface area contributed by atoms with E-state index in [1.54, 1.807) is 18.5 Å². The third-order valence-corrected chi connectivity index (χ3v) is 2.97. The number of aromatic nitrogens is 2. The van der Waals surface area contributed by atoms with E-state index in [-0.39, 0.29) is 5.78 Å². The largest absolute Gasteiger partial charge is 0.292 e. The lowest BCUT2D eigenvalue weighted by Crippen LogP contribution is -2.06. The lowest BCUT2D eigenvalue weighted by molar-refractivity contribution is 0.0988. The van der Waals surface area contributed by atoms with Gasteiger partial charge in [0.05, 0.1) is 5.52 Å². The van der Waals surface area contributed by atoms with Crippen molar-refractivity contribution >= 4 is 16.7 Å². The van der Waals surface area contributed by atoms with E-state index in [1.807, 2.05) is 42.5 Å². The highest BCUT2D eigenvalue weighted by Crippen LogP contribution is 2.13. The van der Waals surface area contributed by atoms with Crippen LogP contribution < -0.4 is 0 Å². The molecule has 2 heterocycles. The monoisotopic (exact) mass is 248 g/mol. The molecule has 0 aliphatic heterocycles. The number of hydrogen-bond donors (Lipinski definition) is 0. The van der Waals surface area contributed by atoms with E-state index >= 15 is 0 Å². The topological polar surface area (TPSA) is 42.9 Å². The molecule has 2 aromatic heterocycles. The summed E-state index contributed by atoms with van der Waals surface area (Å²) in [5, 5.41) is 1.04. The highest BCUT2D eigenvalue weighted by molar-refractivity contribution is 5.97. The van der Waals surface area contributed by atoms with Crippen molar-refractivity contribution < 1.29 is 4.79 Å². The van der Waals surface area contributed by atoms with Crippen LogP contribution in [0, 0.1) is 0 Å². The van der Waals surface area contributed by atoms with E-state index in [0.717, 1.165) is 16.5 Å². The quantitative estimate of drug-likeness (QED) is 0.669. The van der Waals surface area contributed by atoms with Crippen LogP contribution in [0.25, 0.3) is 10.9 Å². The number of nitrogens with zero attached hydrogens (tertiary/aromatic N) is 2. The van der Waals surface area contributed by atoms with Gasteiger partial charge in [0.1, 0.15) is 5.69 Å². The normalized spacial score (nSPS) is 10.5. The molecule has 1 aromatic carbocycles. The number of carbonyl (C=O) groups excluding carboxylic acids is 1. The molecule has 0 fully saturated rings. The molecule has 19 heavy (non-hydrogen) atoms. The first-order valence-electron chi connectivity index (χ1n) is 6.11. The van der Waals surface area contributed by atoms with Crippen molar-refractivity contribution in [1.29, 1.82) is 0 Å². The van der Waals surface area contributed by atoms with E-state index in [9.17, 15) is 4.79 Å². The molecule has 0 N–H and O–H groups in total.